The van der Waals surface area contributed by atoms with Crippen LogP contribution in [0, 0.1) is 0 Å². The zero-order chi connectivity index (χ0) is 74.9. The minimum Gasteiger partial charge on any atom is -0.508 e. The highest BCUT2D eigenvalue weighted by molar-refractivity contribution is 6.85. The van der Waals surface area contributed by atoms with E-state index >= 15 is 79.0 Å². The summed E-state index contributed by atoms with van der Waals surface area (Å²) >= 11 is 0. The number of alkyl halides is 18. The number of phenols is 2. The van der Waals surface area contributed by atoms with E-state index in [1.54, 1.807) is 13.1 Å². The van der Waals surface area contributed by atoms with Crippen LogP contribution < -0.4 is 5.32 Å². The van der Waals surface area contributed by atoms with Gasteiger partial charge in [0.1, 0.15) is 11.5 Å². The highest BCUT2D eigenvalue weighted by Crippen LogP contribution is 2.61. The Morgan fingerprint density at radius 2 is 0.760 bits per heavy atom. The predicted octanol–water partition coefficient (Wildman–Crippen LogP) is 14.7. The number of amides is 7. The minimum atomic E-state index is -6.73. The van der Waals surface area contributed by atoms with Gasteiger partial charge in [-0.15, -0.1) is 0 Å². The van der Waals surface area contributed by atoms with Gasteiger partial charge in [0.2, 0.25) is 16.2 Å². The van der Waals surface area contributed by atoms with Crippen LogP contribution in [0.15, 0.2) is 109 Å². The number of carbonyl (C=O) groups excluding carboxylic acids is 7. The van der Waals surface area contributed by atoms with Crippen LogP contribution in [0.2, 0.25) is 32.2 Å². The van der Waals surface area contributed by atoms with Crippen molar-refractivity contribution in [2.45, 2.75) is 112 Å². The number of nitrogens with one attached hydrogen (secondary N) is 1. The van der Waals surface area contributed by atoms with Crippen LogP contribution in [-0.2, 0) is 26.9 Å². The number of halogens is 18. The molecule has 3 heterocycles. The van der Waals surface area contributed by atoms with Crippen molar-refractivity contribution in [2.24, 2.45) is 0 Å². The molecule has 0 aliphatic carbocycles. The number of aromatic hydroxyl groups is 2. The largest absolute Gasteiger partial charge is 0.508 e. The molecule has 532 valence electrons. The van der Waals surface area contributed by atoms with Crippen molar-refractivity contribution in [3.63, 3.8) is 0 Å². The van der Waals surface area contributed by atoms with Gasteiger partial charge in [-0.1, -0.05) is 49.7 Å². The van der Waals surface area contributed by atoms with E-state index in [1.165, 1.54) is 12.2 Å². The lowest BCUT2D eigenvalue weighted by molar-refractivity contribution is -0.290. The van der Waals surface area contributed by atoms with Crippen LogP contribution in [0.3, 0.4) is 0 Å². The lowest BCUT2D eigenvalue weighted by atomic mass is 9.71. The normalized spacial score (nSPS) is 15.3. The number of carbonyl (C=O) groups is 8. The molecule has 16 nitrogen and oxygen atoms in total. The number of hydrogen-bond donors (Lipinski definition) is 4. The summed E-state index contributed by atoms with van der Waals surface area (Å²) in [5, 5.41) is 33.3. The number of aromatic carboxylic acids is 1. The Morgan fingerprint density at radius 3 is 1.17 bits per heavy atom. The second kappa shape index (κ2) is 24.6. The molecule has 100 heavy (non-hydrogen) atoms. The van der Waals surface area contributed by atoms with Crippen LogP contribution >= 0.6 is 0 Å². The number of phenolic OH excluding ortho intramolecular Hbond substituents is 2. The second-order valence-electron chi connectivity index (χ2n) is 24.7. The molecule has 0 fully saturated rings. The van der Waals surface area contributed by atoms with Crippen LogP contribution in [0.5, 0.6) is 11.5 Å². The predicted molar refractivity (Wildman–Crippen MR) is 317 cm³/mol. The molecule has 0 unspecified atom stereocenters. The molecule has 7 amide bonds. The van der Waals surface area contributed by atoms with E-state index in [2.05, 4.69) is 0 Å². The highest BCUT2D eigenvalue weighted by Gasteiger charge is 2.75. The number of fused-ring (bicyclic) bond motifs is 3. The summed E-state index contributed by atoms with van der Waals surface area (Å²) in [5.74, 6) is -15.7. The molecule has 0 bridgehead atoms. The highest BCUT2D eigenvalue weighted by atomic mass is 28.4. The lowest BCUT2D eigenvalue weighted by Crippen LogP contribution is -2.55. The molecule has 0 saturated carbocycles. The smallest absolute Gasteiger partial charge is 0.411 e. The van der Waals surface area contributed by atoms with Gasteiger partial charge in [0.05, 0.1) is 56.7 Å². The SMILES string of the molecule is CCC[Si](C)(C)O[Si](C)(C)CN1C(=O)c2ccc(C(c3ccc4c(c3)C(=O)N(Cc3cc(C(c5ccc(O)c(NC(=O)c6cc(C(c7ccc8c(c7)C(=O)N(CC)C8=O)(C(F)(F)F)C(F)(F)F)ccc6C(=O)O)c5)(C(F)(F)F)C(F)(F)F)ccc3O)C4=O)(C(F)(F)F)C(F)(F)F)cc2C1=O. The van der Waals surface area contributed by atoms with Crippen molar-refractivity contribution in [2.75, 3.05) is 18.0 Å². The van der Waals surface area contributed by atoms with Gasteiger partial charge in [0.15, 0.2) is 16.6 Å². The molecule has 36 heteroatoms. The van der Waals surface area contributed by atoms with Crippen molar-refractivity contribution >= 4 is 69.6 Å². The maximum Gasteiger partial charge on any atom is 0.411 e. The summed E-state index contributed by atoms with van der Waals surface area (Å²) in [6.07, 6.45) is -39.3. The number of nitrogens with zero attached hydrogens (tertiary/aromatic N) is 3. The molecule has 3 aliphatic rings. The average Bonchev–Trinajstić information content (AvgIpc) is 0.963. The molecule has 0 aromatic heterocycles. The van der Waals surface area contributed by atoms with Gasteiger partial charge in [-0.05, 0) is 145 Å². The Morgan fingerprint density at radius 1 is 0.420 bits per heavy atom. The van der Waals surface area contributed by atoms with Gasteiger partial charge >= 0.3 is 43.0 Å². The number of benzene rings is 6. The lowest BCUT2D eigenvalue weighted by Gasteiger charge is -2.39. The summed E-state index contributed by atoms with van der Waals surface area (Å²) in [5.41, 5.74) is -39.1. The van der Waals surface area contributed by atoms with Crippen molar-refractivity contribution in [3.8, 4) is 11.5 Å². The van der Waals surface area contributed by atoms with E-state index in [0.717, 1.165) is 0 Å². The number of rotatable bonds is 18. The van der Waals surface area contributed by atoms with Crippen LogP contribution in [0.25, 0.3) is 0 Å². The van der Waals surface area contributed by atoms with E-state index in [1.807, 2.05) is 20.0 Å². The topological polar surface area (TPSA) is 228 Å². The first kappa shape index (κ1) is 74.6. The molecule has 9 rings (SSSR count). The maximum absolute atomic E-state index is 15.9. The number of anilines is 1. The molecule has 6 aromatic rings. The van der Waals surface area contributed by atoms with E-state index in [-0.39, 0.29) is 102 Å². The third-order valence-electron chi connectivity index (χ3n) is 17.5. The fraction of sp³-hybridized carbons (Fsp3) is 0.312. The monoisotopic (exact) mass is 1460 g/mol. The summed E-state index contributed by atoms with van der Waals surface area (Å²) in [4.78, 5) is 109. The Labute approximate surface area is 554 Å². The molecule has 4 N–H and O–H groups in total. The van der Waals surface area contributed by atoms with Crippen LogP contribution in [-0.4, -0.2) is 144 Å². The first-order valence-corrected chi connectivity index (χ1v) is 35.5. The number of carboxylic acids is 1. The van der Waals surface area contributed by atoms with Gasteiger partial charge in [-0.3, -0.25) is 48.3 Å². The molecular weight excluding hydrogens is 1410 g/mol. The molecule has 0 radical (unpaired) electrons. The van der Waals surface area contributed by atoms with Crippen molar-refractivity contribution in [3.05, 3.63) is 193 Å². The van der Waals surface area contributed by atoms with E-state index in [9.17, 15) is 53.7 Å². The Bertz CT molecular complexity index is 4420. The van der Waals surface area contributed by atoms with Gasteiger partial charge in [0.25, 0.3) is 41.4 Å². The summed E-state index contributed by atoms with van der Waals surface area (Å²) in [6, 6.07) is 2.02. The standard InChI is InChI=1S/C64H50F18N4O12Si2/c1-7-21-99(3,4)98-100(5,6)29-86-51(92)39-17-11-35(26-44(39)54(86)95)58(63(77,78)79,64(80,81)82)34-10-16-38-43(25-34)53(94)85(50(38)91)28-30-22-31(13-19-46(30)87)56(59(65,66)67,60(68,69)70)36-14-20-47(88)45(27-36)83-48(89)41-23-32(12-18-40(41)55(96)97)57(61(71,72)73,62(74,75)76)33-9-15-37-42(24-33)52(93)84(8-2)49(37)90/h9-20,22-27,87-88H,7-8,21,28-29H2,1-6H3,(H,83,89)(H,96,97). The Hall–Kier alpha value is -9.59. The molecule has 0 saturated heterocycles. The van der Waals surface area contributed by atoms with Gasteiger partial charge in [0, 0.05) is 18.3 Å². The number of imide groups is 3. The van der Waals surface area contributed by atoms with Crippen molar-refractivity contribution < 1.29 is 137 Å². The van der Waals surface area contributed by atoms with E-state index in [4.69, 9.17) is 4.12 Å². The second-order valence-corrected chi connectivity index (χ2v) is 33.4. The Kier molecular flexibility index (Phi) is 18.4. The fourth-order valence-electron chi connectivity index (χ4n) is 13.2. The number of carboxylic acid groups (broad SMARTS) is 1. The minimum absolute atomic E-state index is 0.0252. The third kappa shape index (κ3) is 11.8. The average molecular weight is 1470 g/mol. The molecule has 3 aliphatic heterocycles. The van der Waals surface area contributed by atoms with Gasteiger partial charge in [-0.25, -0.2) is 4.79 Å². The molecule has 0 atom stereocenters. The zero-order valence-corrected chi connectivity index (χ0v) is 54.1. The maximum atomic E-state index is 15.9. The first-order chi connectivity index (χ1) is 45.8. The van der Waals surface area contributed by atoms with Crippen LogP contribution in [0.4, 0.5) is 84.7 Å². The summed E-state index contributed by atoms with van der Waals surface area (Å²) in [6.45, 7) is 8.10. The van der Waals surface area contributed by atoms with E-state index in [0.29, 0.717) is 40.5 Å². The quantitative estimate of drug-likeness (QED) is 0.0273. The van der Waals surface area contributed by atoms with Gasteiger partial charge in [-0.2, -0.15) is 79.0 Å². The Balaban J connectivity index is 1.08. The molecule has 6 aromatic carbocycles. The first-order valence-electron chi connectivity index (χ1n) is 29.3. The summed E-state index contributed by atoms with van der Waals surface area (Å²) < 4.78 is 289. The zero-order valence-electron chi connectivity index (χ0n) is 52.1. The number of hydrogen-bond acceptors (Lipinski definition) is 11. The molecule has 0 spiro atoms. The molecular formula is C64H50F18N4O12Si2. The van der Waals surface area contributed by atoms with Crippen molar-refractivity contribution in [1.82, 2.24) is 14.7 Å². The van der Waals surface area contributed by atoms with Gasteiger partial charge < -0.3 is 24.8 Å². The van der Waals surface area contributed by atoms with Crippen molar-refractivity contribution in [1.29, 1.82) is 0 Å². The third-order valence-corrected chi connectivity index (χ3v) is 24.7. The fourth-order valence-corrected chi connectivity index (χ4v) is 22.1. The summed E-state index contributed by atoms with van der Waals surface area (Å²) in [7, 11) is -5.45. The van der Waals surface area contributed by atoms with E-state index < -0.39 is 231 Å². The van der Waals surface area contributed by atoms with Crippen LogP contribution in [0.1, 0.15) is 142 Å².